The van der Waals surface area contributed by atoms with Crippen LogP contribution in [0, 0.1) is 0 Å². The van der Waals surface area contributed by atoms with Gasteiger partial charge in [0, 0.05) is 12.1 Å². The lowest BCUT2D eigenvalue weighted by atomic mass is 9.75. The lowest BCUT2D eigenvalue weighted by Crippen LogP contribution is -2.48. The molecule has 2 aliphatic heterocycles. The summed E-state index contributed by atoms with van der Waals surface area (Å²) in [6, 6.07) is 0.865. The molecule has 2 unspecified atom stereocenters. The first-order chi connectivity index (χ1) is 7.38. The Bertz CT molecular complexity index is 287. The third kappa shape index (κ3) is 2.20. The van der Waals surface area contributed by atoms with Gasteiger partial charge in [0.05, 0.1) is 0 Å². The van der Waals surface area contributed by atoms with E-state index in [2.05, 4.69) is 7.85 Å². The van der Waals surface area contributed by atoms with E-state index in [1.807, 2.05) is 25.7 Å². The van der Waals surface area contributed by atoms with Crippen molar-refractivity contribution in [3.05, 3.63) is 0 Å². The number of rotatable bonds is 0. The maximum atomic E-state index is 12.1. The van der Waals surface area contributed by atoms with Gasteiger partial charge in [-0.1, -0.05) is 6.42 Å². The van der Waals surface area contributed by atoms with Gasteiger partial charge in [-0.25, -0.2) is 4.79 Å². The molecule has 16 heavy (non-hydrogen) atoms. The maximum absolute atomic E-state index is 12.1. The van der Waals surface area contributed by atoms with Crippen molar-refractivity contribution in [1.82, 2.24) is 4.90 Å². The van der Waals surface area contributed by atoms with E-state index in [4.69, 9.17) is 4.74 Å². The normalized spacial score (nSPS) is 33.9. The fraction of sp³-hybridized carbons (Fsp3) is 0.917. The second kappa shape index (κ2) is 3.97. The minimum atomic E-state index is -0.378. The molecule has 1 amide bonds. The summed E-state index contributed by atoms with van der Waals surface area (Å²) in [6.45, 7) is 5.79. The Morgan fingerprint density at radius 2 is 1.88 bits per heavy atom. The summed E-state index contributed by atoms with van der Waals surface area (Å²) in [4.78, 5) is 14.1. The number of piperidine rings is 1. The smallest absolute Gasteiger partial charge is 0.410 e. The van der Waals surface area contributed by atoms with Crippen LogP contribution in [0.15, 0.2) is 0 Å². The molecule has 0 saturated carbocycles. The molecule has 2 heterocycles. The highest BCUT2D eigenvalue weighted by Gasteiger charge is 2.44. The van der Waals surface area contributed by atoms with Crippen LogP contribution in [-0.4, -0.2) is 36.5 Å². The molecule has 0 aromatic heterocycles. The van der Waals surface area contributed by atoms with E-state index in [0.29, 0.717) is 17.9 Å². The molecule has 0 N–H and O–H groups in total. The number of fused-ring (bicyclic) bond motifs is 2. The lowest BCUT2D eigenvalue weighted by molar-refractivity contribution is 0.00797. The Morgan fingerprint density at radius 1 is 1.25 bits per heavy atom. The quantitative estimate of drug-likeness (QED) is 0.587. The highest BCUT2D eigenvalue weighted by molar-refractivity contribution is 6.12. The van der Waals surface area contributed by atoms with E-state index in [-0.39, 0.29) is 11.7 Å². The number of nitrogens with zero attached hydrogens (tertiary/aromatic N) is 1. The highest BCUT2D eigenvalue weighted by Crippen LogP contribution is 2.41. The number of ether oxygens (including phenoxy) is 1. The molecule has 2 bridgehead atoms. The molecule has 0 aromatic carbocycles. The fourth-order valence-electron chi connectivity index (χ4n) is 3.00. The molecule has 2 saturated heterocycles. The monoisotopic (exact) mass is 223 g/mol. The van der Waals surface area contributed by atoms with Crippen LogP contribution >= 0.6 is 0 Å². The van der Waals surface area contributed by atoms with Gasteiger partial charge in [-0.05, 0) is 45.9 Å². The van der Waals surface area contributed by atoms with Gasteiger partial charge in [0.25, 0.3) is 0 Å². The van der Waals surface area contributed by atoms with E-state index < -0.39 is 0 Å². The first-order valence-electron chi connectivity index (χ1n) is 6.40. The summed E-state index contributed by atoms with van der Waals surface area (Å²) in [7, 11) is 2.25. The van der Waals surface area contributed by atoms with Crippen LogP contribution in [0.4, 0.5) is 4.79 Å². The topological polar surface area (TPSA) is 29.5 Å². The van der Waals surface area contributed by atoms with Crippen LogP contribution in [0.25, 0.3) is 0 Å². The second-order valence-corrected chi connectivity index (χ2v) is 6.24. The van der Waals surface area contributed by atoms with Crippen molar-refractivity contribution in [2.24, 2.45) is 0 Å². The number of carbonyl (C=O) groups excluding carboxylic acids is 1. The average molecular weight is 223 g/mol. The Morgan fingerprint density at radius 3 is 2.50 bits per heavy atom. The van der Waals surface area contributed by atoms with E-state index in [9.17, 15) is 4.79 Å². The summed E-state index contributed by atoms with van der Waals surface area (Å²) >= 11 is 0. The van der Waals surface area contributed by atoms with Crippen molar-refractivity contribution in [3.63, 3.8) is 0 Å². The van der Waals surface area contributed by atoms with Gasteiger partial charge >= 0.3 is 6.09 Å². The molecular weight excluding hydrogens is 201 g/mol. The molecule has 3 nitrogen and oxygen atoms in total. The van der Waals surface area contributed by atoms with Gasteiger partial charge in [0.2, 0.25) is 0 Å². The van der Waals surface area contributed by atoms with Crippen LogP contribution in [-0.2, 0) is 4.74 Å². The first kappa shape index (κ1) is 11.8. The minimum Gasteiger partial charge on any atom is -0.444 e. The number of amides is 1. The van der Waals surface area contributed by atoms with E-state index >= 15 is 0 Å². The Balaban J connectivity index is 2.07. The molecule has 0 aliphatic carbocycles. The van der Waals surface area contributed by atoms with Gasteiger partial charge in [-0.15, -0.1) is 0 Å². The largest absolute Gasteiger partial charge is 0.444 e. The zero-order valence-electron chi connectivity index (χ0n) is 10.8. The molecule has 3 atom stereocenters. The van der Waals surface area contributed by atoms with Crippen LogP contribution in [0.1, 0.15) is 46.5 Å². The fourth-order valence-corrected chi connectivity index (χ4v) is 3.00. The summed E-state index contributed by atoms with van der Waals surface area (Å²) in [5.41, 5.74) is -0.378. The van der Waals surface area contributed by atoms with Crippen LogP contribution in [0.2, 0.25) is 5.82 Å². The molecule has 0 aromatic rings. The van der Waals surface area contributed by atoms with Crippen molar-refractivity contribution in [3.8, 4) is 0 Å². The second-order valence-electron chi connectivity index (χ2n) is 6.24. The minimum absolute atomic E-state index is 0.105. The molecule has 4 heteroatoms. The number of carbonyl (C=O) groups is 1. The lowest BCUT2D eigenvalue weighted by Gasteiger charge is -2.39. The third-order valence-electron chi connectivity index (χ3n) is 3.76. The third-order valence-corrected chi connectivity index (χ3v) is 3.76. The van der Waals surface area contributed by atoms with Gasteiger partial charge in [-0.3, -0.25) is 0 Å². The summed E-state index contributed by atoms with van der Waals surface area (Å²) in [5, 5.41) is 0. The van der Waals surface area contributed by atoms with E-state index in [0.717, 1.165) is 19.3 Å². The number of hydrogen-bond donors (Lipinski definition) is 0. The molecule has 90 valence electrons. The Labute approximate surface area is 98.9 Å². The molecule has 2 aliphatic rings. The van der Waals surface area contributed by atoms with Gasteiger partial charge < -0.3 is 9.64 Å². The number of hydrogen-bond acceptors (Lipinski definition) is 2. The Hall–Kier alpha value is -0.665. The molecule has 0 spiro atoms. The highest BCUT2D eigenvalue weighted by atomic mass is 16.6. The zero-order valence-corrected chi connectivity index (χ0v) is 10.8. The van der Waals surface area contributed by atoms with Crippen LogP contribution in [0.5, 0.6) is 0 Å². The maximum Gasteiger partial charge on any atom is 0.410 e. The zero-order chi connectivity index (χ0) is 11.9. The predicted octanol–water partition coefficient (Wildman–Crippen LogP) is 1.97. The molecule has 2 fully saturated rings. The summed E-state index contributed by atoms with van der Waals surface area (Å²) in [6.07, 6.45) is 4.62. The standard InChI is InChI=1S/C12H22BNO2/c1-12(2,3)16-11(15)14-8-4-6-9(13)10(14)7-5-8/h8-10H,4-7,13H2,1-3H3/t8?,9-,10?/m1/s1. The SMILES string of the molecule is B[C@@H]1CCC2CCC1N2C(=O)OC(C)(C)C. The average Bonchev–Trinajstić information content (AvgIpc) is 2.46. The van der Waals surface area contributed by atoms with Crippen molar-refractivity contribution < 1.29 is 9.53 Å². The van der Waals surface area contributed by atoms with Crippen LogP contribution < -0.4 is 0 Å². The van der Waals surface area contributed by atoms with E-state index in [1.54, 1.807) is 0 Å². The first-order valence-corrected chi connectivity index (χ1v) is 6.40. The van der Waals surface area contributed by atoms with E-state index in [1.165, 1.54) is 6.42 Å². The van der Waals surface area contributed by atoms with Gasteiger partial charge in [0.15, 0.2) is 0 Å². The van der Waals surface area contributed by atoms with Gasteiger partial charge in [0.1, 0.15) is 13.4 Å². The Kier molecular flexibility index (Phi) is 2.93. The molecule has 0 radical (unpaired) electrons. The van der Waals surface area contributed by atoms with Crippen molar-refractivity contribution in [2.45, 2.75) is 70.0 Å². The van der Waals surface area contributed by atoms with Crippen molar-refractivity contribution in [1.29, 1.82) is 0 Å². The van der Waals surface area contributed by atoms with Gasteiger partial charge in [-0.2, -0.15) is 0 Å². The molecular formula is C12H22BNO2. The van der Waals surface area contributed by atoms with Crippen LogP contribution in [0.3, 0.4) is 0 Å². The predicted molar refractivity (Wildman–Crippen MR) is 66.4 cm³/mol. The molecule has 2 rings (SSSR count). The van der Waals surface area contributed by atoms with Crippen molar-refractivity contribution in [2.75, 3.05) is 0 Å². The van der Waals surface area contributed by atoms with Crippen molar-refractivity contribution >= 4 is 13.9 Å². The summed E-state index contributed by atoms with van der Waals surface area (Å²) < 4.78 is 5.49. The summed E-state index contributed by atoms with van der Waals surface area (Å²) in [5.74, 6) is 0.631.